The highest BCUT2D eigenvalue weighted by Crippen LogP contribution is 2.36. The van der Waals surface area contributed by atoms with E-state index in [0.29, 0.717) is 12.2 Å². The monoisotopic (exact) mass is 517 g/mol. The van der Waals surface area contributed by atoms with E-state index in [0.717, 1.165) is 31.4 Å². The maximum Gasteiger partial charge on any atom is 0.148 e. The van der Waals surface area contributed by atoms with E-state index >= 15 is 0 Å². The molecule has 0 aliphatic rings. The highest BCUT2D eigenvalue weighted by atomic mass is 79.9. The van der Waals surface area contributed by atoms with Crippen LogP contribution in [0.5, 0.6) is 5.75 Å². The zero-order chi connectivity index (χ0) is 20.9. The van der Waals surface area contributed by atoms with Gasteiger partial charge in [0.1, 0.15) is 12.4 Å². The Hall–Kier alpha value is -2.87. The Morgan fingerprint density at radius 1 is 0.867 bits per heavy atom. The second-order valence-electron chi connectivity index (χ2n) is 6.78. The van der Waals surface area contributed by atoms with Crippen LogP contribution in [0, 0.1) is 11.3 Å². The molecule has 0 heterocycles. The molecule has 30 heavy (non-hydrogen) atoms. The van der Waals surface area contributed by atoms with E-state index in [2.05, 4.69) is 62.2 Å². The summed E-state index contributed by atoms with van der Waals surface area (Å²) in [6.45, 7) is 0.460. The maximum atomic E-state index is 9.56. The van der Waals surface area contributed by atoms with Gasteiger partial charge in [0.15, 0.2) is 0 Å². The number of benzene rings is 4. The SMILES string of the molecule is N#C/C(=C\c1cc(Br)c(OCc2cccc3ccccc23)c(Br)c1)c1ccccc1. The van der Waals surface area contributed by atoms with Gasteiger partial charge in [0.25, 0.3) is 0 Å². The summed E-state index contributed by atoms with van der Waals surface area (Å²) in [6, 6.07) is 30.4. The summed E-state index contributed by atoms with van der Waals surface area (Å²) in [4.78, 5) is 0. The van der Waals surface area contributed by atoms with Gasteiger partial charge in [-0.2, -0.15) is 5.26 Å². The van der Waals surface area contributed by atoms with Crippen molar-refractivity contribution in [3.63, 3.8) is 0 Å². The van der Waals surface area contributed by atoms with E-state index in [-0.39, 0.29) is 0 Å². The number of rotatable bonds is 5. The normalized spacial score (nSPS) is 11.3. The summed E-state index contributed by atoms with van der Waals surface area (Å²) >= 11 is 7.24. The van der Waals surface area contributed by atoms with Gasteiger partial charge in [-0.25, -0.2) is 0 Å². The highest BCUT2D eigenvalue weighted by Gasteiger charge is 2.11. The molecule has 0 bridgehead atoms. The molecule has 4 heteroatoms. The molecule has 0 fully saturated rings. The minimum Gasteiger partial charge on any atom is -0.487 e. The third-order valence-electron chi connectivity index (χ3n) is 4.79. The van der Waals surface area contributed by atoms with Gasteiger partial charge < -0.3 is 4.74 Å². The van der Waals surface area contributed by atoms with Crippen LogP contribution >= 0.6 is 31.9 Å². The molecule has 0 saturated heterocycles. The highest BCUT2D eigenvalue weighted by molar-refractivity contribution is 9.11. The molecule has 4 aromatic rings. The molecule has 0 radical (unpaired) electrons. The predicted molar refractivity (Wildman–Crippen MR) is 130 cm³/mol. The lowest BCUT2D eigenvalue weighted by molar-refractivity contribution is 0.303. The van der Waals surface area contributed by atoms with E-state index < -0.39 is 0 Å². The quantitative estimate of drug-likeness (QED) is 0.198. The predicted octanol–water partition coefficient (Wildman–Crippen LogP) is 8.01. The van der Waals surface area contributed by atoms with Gasteiger partial charge in [-0.3, -0.25) is 0 Å². The molecule has 146 valence electrons. The van der Waals surface area contributed by atoms with Crippen molar-refractivity contribution in [2.24, 2.45) is 0 Å². The molecule has 4 rings (SSSR count). The summed E-state index contributed by atoms with van der Waals surface area (Å²) in [7, 11) is 0. The number of fused-ring (bicyclic) bond motifs is 1. The molecule has 2 nitrogen and oxygen atoms in total. The van der Waals surface area contributed by atoms with Crippen LogP contribution in [0.25, 0.3) is 22.4 Å². The molecule has 0 amide bonds. The third kappa shape index (κ3) is 4.48. The first kappa shape index (κ1) is 20.4. The van der Waals surface area contributed by atoms with Gasteiger partial charge in [0.2, 0.25) is 0 Å². The third-order valence-corrected chi connectivity index (χ3v) is 5.97. The first-order valence-electron chi connectivity index (χ1n) is 9.41. The molecular weight excluding hydrogens is 502 g/mol. The molecule has 0 aliphatic heterocycles. The fourth-order valence-corrected chi connectivity index (χ4v) is 4.78. The molecule has 0 spiro atoms. The Labute approximate surface area is 192 Å². The summed E-state index contributed by atoms with van der Waals surface area (Å²) in [5.41, 5.74) is 3.54. The topological polar surface area (TPSA) is 33.0 Å². The fraction of sp³-hybridized carbons (Fsp3) is 0.0385. The van der Waals surface area contributed by atoms with Crippen LogP contribution in [0.1, 0.15) is 16.7 Å². The second-order valence-corrected chi connectivity index (χ2v) is 8.49. The minimum absolute atomic E-state index is 0.460. The Morgan fingerprint density at radius 2 is 1.53 bits per heavy atom. The number of nitriles is 1. The van der Waals surface area contributed by atoms with Crippen molar-refractivity contribution in [1.29, 1.82) is 5.26 Å². The molecule has 0 aromatic heterocycles. The van der Waals surface area contributed by atoms with Crippen LogP contribution < -0.4 is 4.74 Å². The number of hydrogen-bond acceptors (Lipinski definition) is 2. The van der Waals surface area contributed by atoms with Crippen LogP contribution in [-0.4, -0.2) is 0 Å². The van der Waals surface area contributed by atoms with Crippen molar-refractivity contribution >= 4 is 54.3 Å². The smallest absolute Gasteiger partial charge is 0.148 e. The lowest BCUT2D eigenvalue weighted by Gasteiger charge is -2.13. The van der Waals surface area contributed by atoms with Crippen LogP contribution in [-0.2, 0) is 6.61 Å². The molecule has 0 N–H and O–H groups in total. The number of allylic oxidation sites excluding steroid dienone is 1. The summed E-state index contributed by atoms with van der Waals surface area (Å²) in [6.07, 6.45) is 1.87. The Bertz CT molecular complexity index is 1240. The zero-order valence-electron chi connectivity index (χ0n) is 16.0. The van der Waals surface area contributed by atoms with Gasteiger partial charge in [0, 0.05) is 0 Å². The standard InChI is InChI=1S/C26H17Br2NO/c27-24-14-18(13-22(16-29)19-7-2-1-3-8-19)15-25(28)26(24)30-17-21-11-6-10-20-9-4-5-12-23(20)21/h1-15H,17H2/b22-13+. The van der Waals surface area contributed by atoms with E-state index in [1.165, 1.54) is 10.8 Å². The van der Waals surface area contributed by atoms with Gasteiger partial charge in [-0.05, 0) is 77.5 Å². The summed E-state index contributed by atoms with van der Waals surface area (Å²) < 4.78 is 7.81. The van der Waals surface area contributed by atoms with Gasteiger partial charge in [0.05, 0.1) is 20.6 Å². The van der Waals surface area contributed by atoms with Crippen LogP contribution in [0.4, 0.5) is 0 Å². The van der Waals surface area contributed by atoms with Crippen molar-refractivity contribution in [1.82, 2.24) is 0 Å². The molecule has 4 aromatic carbocycles. The van der Waals surface area contributed by atoms with Crippen LogP contribution in [0.15, 0.2) is 93.9 Å². The number of hydrogen-bond donors (Lipinski definition) is 0. The first-order chi connectivity index (χ1) is 14.7. The largest absolute Gasteiger partial charge is 0.487 e. The van der Waals surface area contributed by atoms with E-state index in [1.807, 2.05) is 66.7 Å². The maximum absolute atomic E-state index is 9.56. The van der Waals surface area contributed by atoms with Crippen molar-refractivity contribution < 1.29 is 4.74 Å². The van der Waals surface area contributed by atoms with Crippen molar-refractivity contribution in [2.75, 3.05) is 0 Å². The Morgan fingerprint density at radius 3 is 2.27 bits per heavy atom. The first-order valence-corrected chi connectivity index (χ1v) is 11.0. The average molecular weight is 519 g/mol. The molecule has 0 atom stereocenters. The second kappa shape index (κ2) is 9.30. The average Bonchev–Trinajstić information content (AvgIpc) is 2.77. The molecule has 0 saturated carbocycles. The van der Waals surface area contributed by atoms with Crippen LogP contribution in [0.3, 0.4) is 0 Å². The summed E-state index contributed by atoms with van der Waals surface area (Å²) in [5.74, 6) is 0.735. The van der Waals surface area contributed by atoms with Crippen molar-refractivity contribution in [3.05, 3.63) is 111 Å². The van der Waals surface area contributed by atoms with Crippen molar-refractivity contribution in [2.45, 2.75) is 6.61 Å². The van der Waals surface area contributed by atoms with E-state index in [4.69, 9.17) is 4.74 Å². The van der Waals surface area contributed by atoms with Crippen LogP contribution in [0.2, 0.25) is 0 Å². The lowest BCUT2D eigenvalue weighted by atomic mass is 10.0. The van der Waals surface area contributed by atoms with Gasteiger partial charge in [-0.1, -0.05) is 72.8 Å². The van der Waals surface area contributed by atoms with E-state index in [9.17, 15) is 5.26 Å². The van der Waals surface area contributed by atoms with Gasteiger partial charge >= 0.3 is 0 Å². The number of nitrogens with zero attached hydrogens (tertiary/aromatic N) is 1. The summed E-state index contributed by atoms with van der Waals surface area (Å²) in [5, 5.41) is 11.9. The number of halogens is 2. The number of ether oxygens (including phenoxy) is 1. The molecule has 0 unspecified atom stereocenters. The molecular formula is C26H17Br2NO. The van der Waals surface area contributed by atoms with Gasteiger partial charge in [-0.15, -0.1) is 0 Å². The fourth-order valence-electron chi connectivity index (χ4n) is 3.33. The van der Waals surface area contributed by atoms with E-state index in [1.54, 1.807) is 0 Å². The Kier molecular flexibility index (Phi) is 6.32. The van der Waals surface area contributed by atoms with Crippen molar-refractivity contribution in [3.8, 4) is 11.8 Å². The Balaban J connectivity index is 1.60. The minimum atomic E-state index is 0.460. The molecule has 0 aliphatic carbocycles. The zero-order valence-corrected chi connectivity index (χ0v) is 19.2. The lowest BCUT2D eigenvalue weighted by Crippen LogP contribution is -1.98.